The minimum absolute atomic E-state index is 0.0349. The van der Waals surface area contributed by atoms with Crippen LogP contribution in [-0.4, -0.2) is 24.5 Å². The van der Waals surface area contributed by atoms with Crippen LogP contribution >= 0.6 is 11.3 Å². The second-order valence-electron chi connectivity index (χ2n) is 8.89. The molecule has 0 bridgehead atoms. The Morgan fingerprint density at radius 1 is 0.941 bits per heavy atom. The van der Waals surface area contributed by atoms with Gasteiger partial charge in [0, 0.05) is 11.4 Å². The number of thiophene rings is 1. The van der Waals surface area contributed by atoms with E-state index in [1.165, 1.54) is 39.3 Å². The van der Waals surface area contributed by atoms with Crippen molar-refractivity contribution < 1.29 is 13.9 Å². The molecule has 6 rings (SSSR count). The molecule has 170 valence electrons. The van der Waals surface area contributed by atoms with Gasteiger partial charge in [0.05, 0.1) is 18.0 Å². The highest BCUT2D eigenvalue weighted by molar-refractivity contribution is 7.17. The van der Waals surface area contributed by atoms with Crippen LogP contribution < -0.4 is 4.74 Å². The molecule has 1 amide bonds. The van der Waals surface area contributed by atoms with Gasteiger partial charge in [-0.2, -0.15) is 0 Å². The summed E-state index contributed by atoms with van der Waals surface area (Å²) >= 11 is 1.57. The van der Waals surface area contributed by atoms with Gasteiger partial charge < -0.3 is 9.64 Å². The van der Waals surface area contributed by atoms with Gasteiger partial charge in [0.2, 0.25) is 0 Å². The molecule has 4 aromatic rings. The molecule has 1 aliphatic heterocycles. The Labute approximate surface area is 202 Å². The molecule has 1 aliphatic carbocycles. The normalized spacial score (nSPS) is 16.4. The molecule has 0 fully saturated rings. The predicted octanol–water partition coefficient (Wildman–Crippen LogP) is 6.45. The van der Waals surface area contributed by atoms with Gasteiger partial charge in [0.25, 0.3) is 5.91 Å². The minimum Gasteiger partial charge on any atom is -0.497 e. The van der Waals surface area contributed by atoms with Crippen LogP contribution in [0, 0.1) is 5.82 Å². The van der Waals surface area contributed by atoms with Crippen LogP contribution in [-0.2, 0) is 19.3 Å². The largest absolute Gasteiger partial charge is 0.497 e. The molecule has 0 unspecified atom stereocenters. The molecule has 1 atom stereocenters. The van der Waals surface area contributed by atoms with Gasteiger partial charge >= 0.3 is 0 Å². The highest BCUT2D eigenvalue weighted by Crippen LogP contribution is 2.43. The lowest BCUT2D eigenvalue weighted by atomic mass is 9.88. The number of amides is 1. The lowest BCUT2D eigenvalue weighted by Crippen LogP contribution is -2.40. The van der Waals surface area contributed by atoms with Gasteiger partial charge in [-0.15, -0.1) is 11.3 Å². The summed E-state index contributed by atoms with van der Waals surface area (Å²) in [5.74, 6) is 0.593. The third-order valence-corrected chi connectivity index (χ3v) is 8.17. The van der Waals surface area contributed by atoms with Crippen LogP contribution in [0.1, 0.15) is 43.5 Å². The first kappa shape index (κ1) is 21.1. The number of methoxy groups -OCH3 is 1. The Kier molecular flexibility index (Phi) is 5.22. The number of carbonyl (C=O) groups excluding carboxylic acids is 1. The predicted molar refractivity (Wildman–Crippen MR) is 133 cm³/mol. The lowest BCUT2D eigenvalue weighted by molar-refractivity contribution is 0.0699. The quantitative estimate of drug-likeness (QED) is 0.345. The number of ether oxygens (including phenoxy) is 1. The Balaban J connectivity index is 1.41. The molecule has 0 N–H and O–H groups in total. The number of rotatable bonds is 3. The van der Waals surface area contributed by atoms with Crippen molar-refractivity contribution in [1.29, 1.82) is 0 Å². The standard InChI is InChI=1S/C29H24FNO2S/c1-33-23-13-10-19-6-7-21-16-26(34-28(21)25(19)17-23)29(32)31-15-14-18-4-2-3-5-24(18)27(31)20-8-11-22(30)12-9-20/h2-5,8-13,16-17,27H,6-7,14-15H2,1H3/t27-/m0/s1. The van der Waals surface area contributed by atoms with Crippen LogP contribution in [0.5, 0.6) is 5.75 Å². The fraction of sp³-hybridized carbons (Fsp3) is 0.207. The fourth-order valence-corrected chi connectivity index (χ4v) is 6.48. The number of carbonyl (C=O) groups is 1. The Bertz CT molecular complexity index is 1390. The van der Waals surface area contributed by atoms with Gasteiger partial charge in [-0.05, 0) is 83.0 Å². The number of benzene rings is 3. The molecule has 3 nitrogen and oxygen atoms in total. The topological polar surface area (TPSA) is 29.5 Å². The van der Waals surface area contributed by atoms with E-state index < -0.39 is 0 Å². The molecule has 5 heteroatoms. The van der Waals surface area contributed by atoms with E-state index in [1.807, 2.05) is 23.1 Å². The third-order valence-electron chi connectivity index (χ3n) is 6.98. The van der Waals surface area contributed by atoms with Crippen LogP contribution in [0.3, 0.4) is 0 Å². The number of nitrogens with zero attached hydrogens (tertiary/aromatic N) is 1. The van der Waals surface area contributed by atoms with Gasteiger partial charge in [-0.1, -0.05) is 42.5 Å². The first-order chi connectivity index (χ1) is 16.6. The molecule has 1 aromatic heterocycles. The number of hydrogen-bond acceptors (Lipinski definition) is 3. The smallest absolute Gasteiger partial charge is 0.264 e. The summed E-state index contributed by atoms with van der Waals surface area (Å²) in [6.45, 7) is 0.630. The molecule has 0 radical (unpaired) electrons. The van der Waals surface area contributed by atoms with Gasteiger partial charge in [0.15, 0.2) is 0 Å². The van der Waals surface area contributed by atoms with Crippen molar-refractivity contribution in [2.24, 2.45) is 0 Å². The van der Waals surface area contributed by atoms with Crippen LogP contribution in [0.4, 0.5) is 4.39 Å². The van der Waals surface area contributed by atoms with Crippen molar-refractivity contribution in [3.05, 3.63) is 111 Å². The maximum Gasteiger partial charge on any atom is 0.264 e. The van der Waals surface area contributed by atoms with Gasteiger partial charge in [-0.25, -0.2) is 4.39 Å². The van der Waals surface area contributed by atoms with Crippen LogP contribution in [0.25, 0.3) is 10.4 Å². The van der Waals surface area contributed by atoms with E-state index in [0.29, 0.717) is 6.54 Å². The number of aryl methyl sites for hydroxylation is 2. The lowest BCUT2D eigenvalue weighted by Gasteiger charge is -2.37. The summed E-state index contributed by atoms with van der Waals surface area (Å²) < 4.78 is 19.1. The number of fused-ring (bicyclic) bond motifs is 4. The van der Waals surface area contributed by atoms with E-state index in [-0.39, 0.29) is 17.8 Å². The Morgan fingerprint density at radius 2 is 1.74 bits per heavy atom. The monoisotopic (exact) mass is 469 g/mol. The summed E-state index contributed by atoms with van der Waals surface area (Å²) in [5.41, 5.74) is 6.98. The average Bonchev–Trinajstić information content (AvgIpc) is 3.33. The molecule has 0 saturated carbocycles. The zero-order valence-corrected chi connectivity index (χ0v) is 19.7. The van der Waals surface area contributed by atoms with Crippen molar-refractivity contribution in [3.8, 4) is 16.2 Å². The van der Waals surface area contributed by atoms with Crippen molar-refractivity contribution in [1.82, 2.24) is 4.90 Å². The summed E-state index contributed by atoms with van der Waals surface area (Å²) in [4.78, 5) is 17.8. The molecular formula is C29H24FNO2S. The maximum atomic E-state index is 14.0. The van der Waals surface area contributed by atoms with E-state index in [4.69, 9.17) is 4.74 Å². The molecule has 2 aliphatic rings. The van der Waals surface area contributed by atoms with Crippen molar-refractivity contribution in [2.75, 3.05) is 13.7 Å². The third kappa shape index (κ3) is 3.51. The Hall–Kier alpha value is -3.44. The van der Waals surface area contributed by atoms with E-state index in [0.717, 1.165) is 41.0 Å². The second kappa shape index (κ2) is 8.41. The van der Waals surface area contributed by atoms with E-state index in [1.54, 1.807) is 30.6 Å². The van der Waals surface area contributed by atoms with E-state index >= 15 is 0 Å². The summed E-state index contributed by atoms with van der Waals surface area (Å²) in [6, 6.07) is 22.9. The summed E-state index contributed by atoms with van der Waals surface area (Å²) in [7, 11) is 1.68. The highest BCUT2D eigenvalue weighted by atomic mass is 32.1. The molecule has 0 saturated heterocycles. The molecule has 2 heterocycles. The van der Waals surface area contributed by atoms with Crippen LogP contribution in [0.15, 0.2) is 72.8 Å². The second-order valence-corrected chi connectivity index (χ2v) is 9.94. The minimum atomic E-state index is -0.272. The van der Waals surface area contributed by atoms with E-state index in [9.17, 15) is 9.18 Å². The average molecular weight is 470 g/mol. The Morgan fingerprint density at radius 3 is 2.56 bits per heavy atom. The SMILES string of the molecule is COc1ccc2c(c1)-c1sc(C(=O)N3CCc4ccccc4[C@@H]3c3ccc(F)cc3)cc1CC2. The molecule has 0 spiro atoms. The van der Waals surface area contributed by atoms with Gasteiger partial charge in [-0.3, -0.25) is 4.79 Å². The summed E-state index contributed by atoms with van der Waals surface area (Å²) in [5, 5.41) is 0. The van der Waals surface area contributed by atoms with E-state index in [2.05, 4.69) is 30.3 Å². The molecule has 34 heavy (non-hydrogen) atoms. The van der Waals surface area contributed by atoms with Crippen LogP contribution in [0.2, 0.25) is 0 Å². The summed E-state index contributed by atoms with van der Waals surface area (Å²) in [6.07, 6.45) is 2.71. The molecule has 3 aromatic carbocycles. The van der Waals surface area contributed by atoms with Crippen molar-refractivity contribution in [2.45, 2.75) is 25.3 Å². The first-order valence-corrected chi connectivity index (χ1v) is 12.4. The van der Waals surface area contributed by atoms with Crippen molar-refractivity contribution >= 4 is 17.2 Å². The zero-order chi connectivity index (χ0) is 23.2. The fourth-order valence-electron chi connectivity index (χ4n) is 5.26. The highest BCUT2D eigenvalue weighted by Gasteiger charge is 2.34. The van der Waals surface area contributed by atoms with Crippen molar-refractivity contribution in [3.63, 3.8) is 0 Å². The number of hydrogen-bond donors (Lipinski definition) is 0. The maximum absolute atomic E-state index is 14.0. The molecular weight excluding hydrogens is 445 g/mol. The van der Waals surface area contributed by atoms with Gasteiger partial charge in [0.1, 0.15) is 11.6 Å². The number of halogens is 1. The zero-order valence-electron chi connectivity index (χ0n) is 18.9. The first-order valence-electron chi connectivity index (χ1n) is 11.6.